The van der Waals surface area contributed by atoms with E-state index in [0.29, 0.717) is 18.1 Å². The van der Waals surface area contributed by atoms with E-state index < -0.39 is 0 Å². The Labute approximate surface area is 73.0 Å². The maximum Gasteiger partial charge on any atom is 0.104 e. The van der Waals surface area contributed by atoms with Gasteiger partial charge >= 0.3 is 0 Å². The lowest BCUT2D eigenvalue weighted by Crippen LogP contribution is -2.11. The van der Waals surface area contributed by atoms with Crippen molar-refractivity contribution in [1.29, 1.82) is 0 Å². The van der Waals surface area contributed by atoms with Gasteiger partial charge in [-0.3, -0.25) is 0 Å². The van der Waals surface area contributed by atoms with Crippen molar-refractivity contribution in [3.8, 4) is 0 Å². The lowest BCUT2D eigenvalue weighted by Gasteiger charge is -2.08. The van der Waals surface area contributed by atoms with Gasteiger partial charge in [-0.1, -0.05) is 6.92 Å². The van der Waals surface area contributed by atoms with Gasteiger partial charge in [0, 0.05) is 6.61 Å². The summed E-state index contributed by atoms with van der Waals surface area (Å²) >= 11 is 0. The van der Waals surface area contributed by atoms with Gasteiger partial charge in [0.1, 0.15) is 6.10 Å². The van der Waals surface area contributed by atoms with Gasteiger partial charge in [0.2, 0.25) is 0 Å². The van der Waals surface area contributed by atoms with E-state index in [2.05, 4.69) is 6.92 Å². The minimum absolute atomic E-state index is 0.398. The molecule has 0 aliphatic carbocycles. The van der Waals surface area contributed by atoms with E-state index in [1.807, 2.05) is 0 Å². The largest absolute Gasteiger partial charge is 0.378 e. The third-order valence-corrected chi connectivity index (χ3v) is 2.18. The van der Waals surface area contributed by atoms with Gasteiger partial charge < -0.3 is 14.2 Å². The highest BCUT2D eigenvalue weighted by molar-refractivity contribution is 4.72. The van der Waals surface area contributed by atoms with Gasteiger partial charge in [-0.15, -0.1) is 0 Å². The second kappa shape index (κ2) is 3.73. The zero-order valence-corrected chi connectivity index (χ0v) is 7.49. The highest BCUT2D eigenvalue weighted by Gasteiger charge is 2.26. The summed E-state index contributed by atoms with van der Waals surface area (Å²) in [6.45, 7) is 5.67. The fraction of sp³-hybridized carbons (Fsp3) is 1.00. The quantitative estimate of drug-likeness (QED) is 0.556. The lowest BCUT2D eigenvalue weighted by molar-refractivity contribution is 0.0859. The Hall–Kier alpha value is -0.120. The first kappa shape index (κ1) is 8.48. The summed E-state index contributed by atoms with van der Waals surface area (Å²) in [5.41, 5.74) is 0. The average Bonchev–Trinajstić information content (AvgIpc) is 2.77. The molecule has 2 aliphatic heterocycles. The Morgan fingerprint density at radius 2 is 2.00 bits per heavy atom. The van der Waals surface area contributed by atoms with E-state index in [1.54, 1.807) is 0 Å². The molecule has 3 heteroatoms. The first-order valence-electron chi connectivity index (χ1n) is 4.65. The summed E-state index contributed by atoms with van der Waals surface area (Å²) in [6, 6.07) is 0. The first-order chi connectivity index (χ1) is 5.84. The second-order valence-corrected chi connectivity index (χ2v) is 3.79. The van der Waals surface area contributed by atoms with Gasteiger partial charge in [-0.25, -0.2) is 0 Å². The number of epoxide rings is 2. The molecule has 0 N–H and O–H groups in total. The molecule has 2 aliphatic rings. The number of rotatable bonds is 6. The maximum atomic E-state index is 5.47. The van der Waals surface area contributed by atoms with Crippen molar-refractivity contribution >= 4 is 0 Å². The highest BCUT2D eigenvalue weighted by Crippen LogP contribution is 2.19. The molecule has 0 aromatic rings. The van der Waals surface area contributed by atoms with E-state index in [4.69, 9.17) is 14.2 Å². The number of ether oxygens (including phenoxy) is 3. The van der Waals surface area contributed by atoms with E-state index >= 15 is 0 Å². The first-order valence-corrected chi connectivity index (χ1v) is 4.65. The van der Waals surface area contributed by atoms with Crippen molar-refractivity contribution in [1.82, 2.24) is 0 Å². The van der Waals surface area contributed by atoms with E-state index in [0.717, 1.165) is 32.8 Å². The normalized spacial score (nSPS) is 34.8. The van der Waals surface area contributed by atoms with E-state index in [1.165, 1.54) is 0 Å². The summed E-state index contributed by atoms with van der Waals surface area (Å²) < 4.78 is 15.6. The Morgan fingerprint density at radius 1 is 1.33 bits per heavy atom. The van der Waals surface area contributed by atoms with Crippen molar-refractivity contribution in [2.75, 3.05) is 26.4 Å². The summed E-state index contributed by atoms with van der Waals surface area (Å²) in [6.07, 6.45) is 2.07. The van der Waals surface area contributed by atoms with Gasteiger partial charge in [0.25, 0.3) is 0 Å². The van der Waals surface area contributed by atoms with Crippen molar-refractivity contribution in [2.24, 2.45) is 5.92 Å². The second-order valence-electron chi connectivity index (χ2n) is 3.79. The van der Waals surface area contributed by atoms with Crippen LogP contribution in [0.15, 0.2) is 0 Å². The Kier molecular flexibility index (Phi) is 2.63. The monoisotopic (exact) mass is 172 g/mol. The van der Waals surface area contributed by atoms with Crippen LogP contribution in [0.2, 0.25) is 0 Å². The Bertz CT molecular complexity index is 141. The molecular weight excluding hydrogens is 156 g/mol. The van der Waals surface area contributed by atoms with E-state index in [-0.39, 0.29) is 0 Å². The van der Waals surface area contributed by atoms with Crippen LogP contribution in [0.3, 0.4) is 0 Å². The molecule has 0 radical (unpaired) electrons. The van der Waals surface area contributed by atoms with Crippen LogP contribution in [0.5, 0.6) is 0 Å². The predicted molar refractivity (Wildman–Crippen MR) is 44.1 cm³/mol. The Morgan fingerprint density at radius 3 is 2.58 bits per heavy atom. The summed E-state index contributed by atoms with van der Waals surface area (Å²) in [7, 11) is 0. The average molecular weight is 172 g/mol. The molecule has 12 heavy (non-hydrogen) atoms. The molecular formula is C9H16O3. The summed E-state index contributed by atoms with van der Waals surface area (Å²) in [4.78, 5) is 0. The number of hydrogen-bond donors (Lipinski definition) is 0. The van der Waals surface area contributed by atoms with E-state index in [9.17, 15) is 0 Å². The van der Waals surface area contributed by atoms with Crippen molar-refractivity contribution < 1.29 is 14.2 Å². The topological polar surface area (TPSA) is 34.3 Å². The molecule has 70 valence electrons. The van der Waals surface area contributed by atoms with Crippen LogP contribution in [0.4, 0.5) is 0 Å². The molecule has 0 spiro atoms. The summed E-state index contributed by atoms with van der Waals surface area (Å²) in [5, 5.41) is 0. The smallest absolute Gasteiger partial charge is 0.104 e. The Balaban J connectivity index is 1.46. The van der Waals surface area contributed by atoms with Crippen LogP contribution in [-0.4, -0.2) is 38.6 Å². The van der Waals surface area contributed by atoms with Crippen molar-refractivity contribution in [3.05, 3.63) is 0 Å². The fourth-order valence-electron chi connectivity index (χ4n) is 1.29. The van der Waals surface area contributed by atoms with Crippen molar-refractivity contribution in [3.63, 3.8) is 0 Å². The molecule has 2 fully saturated rings. The number of hydrogen-bond acceptors (Lipinski definition) is 3. The molecule has 3 nitrogen and oxygen atoms in total. The third-order valence-electron chi connectivity index (χ3n) is 2.18. The molecule has 3 atom stereocenters. The van der Waals surface area contributed by atoms with Crippen LogP contribution in [0.1, 0.15) is 13.3 Å². The molecule has 0 amide bonds. The van der Waals surface area contributed by atoms with Gasteiger partial charge in [-0.2, -0.15) is 0 Å². The van der Waals surface area contributed by atoms with Crippen LogP contribution >= 0.6 is 0 Å². The van der Waals surface area contributed by atoms with Crippen LogP contribution in [0.25, 0.3) is 0 Å². The maximum absolute atomic E-state index is 5.47. The molecule has 0 aromatic heterocycles. The minimum Gasteiger partial charge on any atom is -0.378 e. The molecule has 0 bridgehead atoms. The SMILES string of the molecule is CC(COCC1CO1)CC1CO1. The molecule has 3 unspecified atom stereocenters. The molecule has 2 heterocycles. The molecule has 2 saturated heterocycles. The van der Waals surface area contributed by atoms with Crippen LogP contribution < -0.4 is 0 Å². The van der Waals surface area contributed by atoms with Crippen LogP contribution in [0, 0.1) is 5.92 Å². The standard InChI is InChI=1S/C9H16O3/c1-7(2-8-5-11-8)3-10-4-9-6-12-9/h7-9H,2-6H2,1H3. The van der Waals surface area contributed by atoms with Gasteiger partial charge in [0.15, 0.2) is 0 Å². The lowest BCUT2D eigenvalue weighted by atomic mass is 10.1. The summed E-state index contributed by atoms with van der Waals surface area (Å²) in [5.74, 6) is 0.622. The van der Waals surface area contributed by atoms with Crippen LogP contribution in [-0.2, 0) is 14.2 Å². The molecule has 0 aromatic carbocycles. The van der Waals surface area contributed by atoms with Gasteiger partial charge in [0.05, 0.1) is 25.9 Å². The van der Waals surface area contributed by atoms with Crippen molar-refractivity contribution in [2.45, 2.75) is 25.6 Å². The third kappa shape index (κ3) is 3.09. The molecule has 0 saturated carbocycles. The van der Waals surface area contributed by atoms with Gasteiger partial charge in [-0.05, 0) is 12.3 Å². The highest BCUT2D eigenvalue weighted by atomic mass is 16.6. The fourth-order valence-corrected chi connectivity index (χ4v) is 1.29. The zero-order chi connectivity index (χ0) is 8.39. The molecule has 2 rings (SSSR count). The zero-order valence-electron chi connectivity index (χ0n) is 7.49. The predicted octanol–water partition coefficient (Wildman–Crippen LogP) is 0.827. The minimum atomic E-state index is 0.398.